The van der Waals surface area contributed by atoms with E-state index in [-0.39, 0.29) is 5.82 Å². The fourth-order valence-electron chi connectivity index (χ4n) is 3.68. The molecule has 3 rings (SSSR count). The number of nitrogens with zero attached hydrogens (tertiary/aromatic N) is 2. The maximum Gasteiger partial charge on any atom is 0.191 e. The first kappa shape index (κ1) is 23.1. The Bertz CT molecular complexity index is 815. The summed E-state index contributed by atoms with van der Waals surface area (Å²) < 4.78 is 24.4. The number of benzene rings is 1. The van der Waals surface area contributed by atoms with E-state index in [9.17, 15) is 4.39 Å². The number of hydrogen-bond acceptors (Lipinski definition) is 4. The molecule has 0 aliphatic carbocycles. The highest BCUT2D eigenvalue weighted by molar-refractivity contribution is 5.80. The second-order valence-corrected chi connectivity index (χ2v) is 8.50. The number of aliphatic imine (C=N–C) groups is 1. The van der Waals surface area contributed by atoms with Crippen molar-refractivity contribution < 1.29 is 13.5 Å². The van der Waals surface area contributed by atoms with Crippen molar-refractivity contribution in [3.63, 3.8) is 0 Å². The van der Waals surface area contributed by atoms with Crippen LogP contribution in [0.5, 0.6) is 5.75 Å². The van der Waals surface area contributed by atoms with E-state index in [1.165, 1.54) is 7.11 Å². The van der Waals surface area contributed by atoms with Gasteiger partial charge in [-0.25, -0.2) is 4.39 Å². The zero-order chi connectivity index (χ0) is 22.1. The predicted molar refractivity (Wildman–Crippen MR) is 122 cm³/mol. The summed E-state index contributed by atoms with van der Waals surface area (Å²) in [6.45, 7) is 8.60. The van der Waals surface area contributed by atoms with Gasteiger partial charge in [0.15, 0.2) is 17.5 Å². The van der Waals surface area contributed by atoms with E-state index in [0.717, 1.165) is 69.3 Å². The number of likely N-dealkylation sites (tertiary alicyclic amines) is 1. The Labute approximate surface area is 184 Å². The van der Waals surface area contributed by atoms with Crippen LogP contribution < -0.4 is 15.4 Å². The molecule has 0 unspecified atom stereocenters. The lowest BCUT2D eigenvalue weighted by Crippen LogP contribution is -2.49. The predicted octanol–water partition coefficient (Wildman–Crippen LogP) is 3.83. The van der Waals surface area contributed by atoms with Crippen LogP contribution in [0, 0.1) is 11.7 Å². The first-order chi connectivity index (χ1) is 15.0. The Morgan fingerprint density at radius 1 is 1.29 bits per heavy atom. The SMILES string of the molecule is COc1ccc(CN2CCC(NC(=NCC(C)C)NCCc3ccco3)CC2)cc1F. The van der Waals surface area contributed by atoms with Gasteiger partial charge in [-0.3, -0.25) is 9.89 Å². The molecule has 0 amide bonds. The lowest BCUT2D eigenvalue weighted by Gasteiger charge is -2.33. The van der Waals surface area contributed by atoms with E-state index in [1.807, 2.05) is 18.2 Å². The van der Waals surface area contributed by atoms with E-state index < -0.39 is 0 Å². The molecule has 31 heavy (non-hydrogen) atoms. The smallest absolute Gasteiger partial charge is 0.191 e. The fraction of sp³-hybridized carbons (Fsp3) is 0.542. The molecule has 1 fully saturated rings. The summed E-state index contributed by atoms with van der Waals surface area (Å²) in [6.07, 6.45) is 4.58. The summed E-state index contributed by atoms with van der Waals surface area (Å²) in [4.78, 5) is 7.12. The number of nitrogens with one attached hydrogen (secondary N) is 2. The van der Waals surface area contributed by atoms with Crippen molar-refractivity contribution in [1.29, 1.82) is 0 Å². The number of ether oxygens (including phenoxy) is 1. The number of guanidine groups is 1. The Hall–Kier alpha value is -2.54. The number of halogens is 1. The minimum Gasteiger partial charge on any atom is -0.494 e. The van der Waals surface area contributed by atoms with Gasteiger partial charge in [0.05, 0.1) is 13.4 Å². The monoisotopic (exact) mass is 430 g/mol. The molecule has 0 saturated carbocycles. The van der Waals surface area contributed by atoms with Gasteiger partial charge in [-0.1, -0.05) is 19.9 Å². The van der Waals surface area contributed by atoms with E-state index in [4.69, 9.17) is 14.1 Å². The Morgan fingerprint density at radius 2 is 2.10 bits per heavy atom. The highest BCUT2D eigenvalue weighted by Gasteiger charge is 2.20. The van der Waals surface area contributed by atoms with Crippen LogP contribution in [0.1, 0.15) is 38.0 Å². The van der Waals surface area contributed by atoms with Crippen molar-refractivity contribution in [2.75, 3.05) is 33.3 Å². The van der Waals surface area contributed by atoms with E-state index >= 15 is 0 Å². The number of methoxy groups -OCH3 is 1. The summed E-state index contributed by atoms with van der Waals surface area (Å²) in [7, 11) is 1.49. The summed E-state index contributed by atoms with van der Waals surface area (Å²) >= 11 is 0. The number of rotatable bonds is 9. The van der Waals surface area contributed by atoms with Crippen molar-refractivity contribution in [3.05, 3.63) is 53.7 Å². The molecular formula is C24H35FN4O2. The summed E-state index contributed by atoms with van der Waals surface area (Å²) in [6, 6.07) is 9.49. The molecule has 6 nitrogen and oxygen atoms in total. The van der Waals surface area contributed by atoms with Gasteiger partial charge in [-0.05, 0) is 48.6 Å². The molecule has 1 saturated heterocycles. The van der Waals surface area contributed by atoms with Crippen molar-refractivity contribution >= 4 is 5.96 Å². The summed E-state index contributed by atoms with van der Waals surface area (Å²) in [5, 5.41) is 7.05. The molecule has 1 aromatic heterocycles. The zero-order valence-electron chi connectivity index (χ0n) is 18.9. The molecule has 1 aliphatic rings. The van der Waals surface area contributed by atoms with Crippen LogP contribution in [0.3, 0.4) is 0 Å². The van der Waals surface area contributed by atoms with E-state index in [2.05, 4.69) is 29.4 Å². The maximum atomic E-state index is 14.0. The maximum absolute atomic E-state index is 14.0. The average molecular weight is 431 g/mol. The highest BCUT2D eigenvalue weighted by atomic mass is 19.1. The second kappa shape index (κ2) is 11.7. The van der Waals surface area contributed by atoms with Crippen LogP contribution in [0.25, 0.3) is 0 Å². The largest absolute Gasteiger partial charge is 0.494 e. The van der Waals surface area contributed by atoms with Crippen molar-refractivity contribution in [3.8, 4) is 5.75 Å². The Kier molecular flexibility index (Phi) is 8.76. The van der Waals surface area contributed by atoms with E-state index in [1.54, 1.807) is 18.4 Å². The van der Waals surface area contributed by atoms with Gasteiger partial charge in [0, 0.05) is 45.2 Å². The van der Waals surface area contributed by atoms with Crippen LogP contribution in [0.4, 0.5) is 4.39 Å². The normalized spacial score (nSPS) is 16.0. The van der Waals surface area contributed by atoms with Gasteiger partial charge >= 0.3 is 0 Å². The van der Waals surface area contributed by atoms with Crippen molar-refractivity contribution in [1.82, 2.24) is 15.5 Å². The fourth-order valence-corrected chi connectivity index (χ4v) is 3.68. The van der Waals surface area contributed by atoms with Crippen molar-refractivity contribution in [2.45, 2.75) is 45.7 Å². The first-order valence-corrected chi connectivity index (χ1v) is 11.2. The first-order valence-electron chi connectivity index (χ1n) is 11.2. The topological polar surface area (TPSA) is 62.0 Å². The molecular weight excluding hydrogens is 395 g/mol. The molecule has 1 aliphatic heterocycles. The quantitative estimate of drug-likeness (QED) is 0.468. The van der Waals surface area contributed by atoms with Gasteiger partial charge in [0.25, 0.3) is 0 Å². The Balaban J connectivity index is 1.46. The highest BCUT2D eigenvalue weighted by Crippen LogP contribution is 2.20. The van der Waals surface area contributed by atoms with Crippen LogP contribution in [-0.2, 0) is 13.0 Å². The molecule has 1 aromatic carbocycles. The lowest BCUT2D eigenvalue weighted by atomic mass is 10.0. The third-order valence-electron chi connectivity index (χ3n) is 5.41. The van der Waals surface area contributed by atoms with Crippen molar-refractivity contribution in [2.24, 2.45) is 10.9 Å². The molecule has 2 N–H and O–H groups in total. The number of hydrogen-bond donors (Lipinski definition) is 2. The minimum atomic E-state index is -0.303. The molecule has 2 aromatic rings. The molecule has 7 heteroatoms. The minimum absolute atomic E-state index is 0.291. The Morgan fingerprint density at radius 3 is 2.74 bits per heavy atom. The molecule has 0 spiro atoms. The lowest BCUT2D eigenvalue weighted by molar-refractivity contribution is 0.198. The van der Waals surface area contributed by atoms with Crippen LogP contribution in [0.2, 0.25) is 0 Å². The van der Waals surface area contributed by atoms with Gasteiger partial charge in [-0.2, -0.15) is 0 Å². The average Bonchev–Trinajstić information content (AvgIpc) is 3.27. The molecule has 0 radical (unpaired) electrons. The van der Waals surface area contributed by atoms with Crippen LogP contribution in [0.15, 0.2) is 46.0 Å². The van der Waals surface area contributed by atoms with Gasteiger partial charge in [-0.15, -0.1) is 0 Å². The van der Waals surface area contributed by atoms with E-state index in [0.29, 0.717) is 17.7 Å². The summed E-state index contributed by atoms with van der Waals surface area (Å²) in [5.74, 6) is 2.34. The third kappa shape index (κ3) is 7.58. The van der Waals surface area contributed by atoms with Crippen LogP contribution >= 0.6 is 0 Å². The zero-order valence-corrected chi connectivity index (χ0v) is 18.9. The third-order valence-corrected chi connectivity index (χ3v) is 5.41. The second-order valence-electron chi connectivity index (χ2n) is 8.50. The summed E-state index contributed by atoms with van der Waals surface area (Å²) in [5.41, 5.74) is 0.975. The van der Waals surface area contributed by atoms with Gasteiger partial charge < -0.3 is 19.8 Å². The van der Waals surface area contributed by atoms with Gasteiger partial charge in [0.1, 0.15) is 5.76 Å². The number of piperidine rings is 1. The van der Waals surface area contributed by atoms with Crippen LogP contribution in [-0.4, -0.2) is 50.2 Å². The molecule has 170 valence electrons. The number of furan rings is 1. The van der Waals surface area contributed by atoms with Gasteiger partial charge in [0.2, 0.25) is 0 Å². The molecule has 2 heterocycles. The standard InChI is InChI=1S/C24H35FN4O2/c1-18(2)16-27-24(26-11-8-21-5-4-14-31-21)28-20-9-12-29(13-10-20)17-19-6-7-23(30-3)22(25)15-19/h4-7,14-15,18,20H,8-13,16-17H2,1-3H3,(H2,26,27,28). The molecule has 0 bridgehead atoms. The molecule has 0 atom stereocenters.